The summed E-state index contributed by atoms with van der Waals surface area (Å²) in [6.07, 6.45) is 0.724. The van der Waals surface area contributed by atoms with Gasteiger partial charge in [0.15, 0.2) is 0 Å². The van der Waals surface area contributed by atoms with Crippen LogP contribution in [0.3, 0.4) is 0 Å². The minimum Gasteiger partial charge on any atom is -0.339 e. The summed E-state index contributed by atoms with van der Waals surface area (Å²) in [6, 6.07) is 7.76. The van der Waals surface area contributed by atoms with Gasteiger partial charge in [0.25, 0.3) is 0 Å². The van der Waals surface area contributed by atoms with Crippen LogP contribution in [0.5, 0.6) is 0 Å². The summed E-state index contributed by atoms with van der Waals surface area (Å²) in [4.78, 5) is 4.42. The van der Waals surface area contributed by atoms with E-state index in [9.17, 15) is 0 Å². The van der Waals surface area contributed by atoms with Crippen LogP contribution in [0, 0.1) is 5.92 Å². The first-order valence-electron chi connectivity index (χ1n) is 6.36. The molecule has 1 aromatic carbocycles. The van der Waals surface area contributed by atoms with E-state index in [-0.39, 0.29) is 0 Å². The van der Waals surface area contributed by atoms with Crippen molar-refractivity contribution in [2.24, 2.45) is 5.92 Å². The van der Waals surface area contributed by atoms with Crippen molar-refractivity contribution in [3.8, 4) is 11.4 Å². The smallest absolute Gasteiger partial charge is 0.228 e. The van der Waals surface area contributed by atoms with Gasteiger partial charge in [-0.05, 0) is 25.1 Å². The van der Waals surface area contributed by atoms with Gasteiger partial charge in [-0.3, -0.25) is 0 Å². The summed E-state index contributed by atoms with van der Waals surface area (Å²) in [5, 5.41) is 7.93. The molecule has 2 aromatic rings. The van der Waals surface area contributed by atoms with Crippen LogP contribution in [0.4, 0.5) is 0 Å². The van der Waals surface area contributed by atoms with Crippen LogP contribution in [0.25, 0.3) is 11.4 Å². The lowest BCUT2D eigenvalue weighted by molar-refractivity contribution is 0.335. The van der Waals surface area contributed by atoms with E-state index in [4.69, 9.17) is 16.1 Å². The highest BCUT2D eigenvalue weighted by molar-refractivity contribution is 6.30. The van der Waals surface area contributed by atoms with E-state index in [1.165, 1.54) is 0 Å². The standard InChI is InChI=1S/C14H18ClN3O/c1-9(2)12(16-3)8-13-17-14(18-19-13)10-5-4-6-11(15)7-10/h4-7,9,12,16H,8H2,1-3H3. The fraction of sp³-hybridized carbons (Fsp3) is 0.429. The summed E-state index contributed by atoms with van der Waals surface area (Å²) < 4.78 is 5.30. The van der Waals surface area contributed by atoms with Gasteiger partial charge in [-0.1, -0.05) is 42.7 Å². The minimum absolute atomic E-state index is 0.327. The summed E-state index contributed by atoms with van der Waals surface area (Å²) in [6.45, 7) is 4.32. The third-order valence-corrected chi connectivity index (χ3v) is 3.36. The molecule has 0 saturated carbocycles. The molecule has 1 atom stereocenters. The number of hydrogen-bond acceptors (Lipinski definition) is 4. The second-order valence-corrected chi connectivity index (χ2v) is 5.30. The zero-order chi connectivity index (χ0) is 13.8. The fourth-order valence-corrected chi connectivity index (χ4v) is 2.13. The third kappa shape index (κ3) is 3.55. The second kappa shape index (κ2) is 6.17. The Balaban J connectivity index is 2.15. The van der Waals surface area contributed by atoms with Gasteiger partial charge in [0.2, 0.25) is 11.7 Å². The monoisotopic (exact) mass is 279 g/mol. The molecule has 5 heteroatoms. The van der Waals surface area contributed by atoms with Crippen LogP contribution in [0.2, 0.25) is 5.02 Å². The molecular weight excluding hydrogens is 262 g/mol. The lowest BCUT2D eigenvalue weighted by Gasteiger charge is -2.17. The molecule has 19 heavy (non-hydrogen) atoms. The largest absolute Gasteiger partial charge is 0.339 e. The van der Waals surface area contributed by atoms with Gasteiger partial charge in [-0.25, -0.2) is 0 Å². The van der Waals surface area contributed by atoms with E-state index in [1.54, 1.807) is 0 Å². The van der Waals surface area contributed by atoms with Crippen molar-refractivity contribution in [3.63, 3.8) is 0 Å². The number of hydrogen-bond donors (Lipinski definition) is 1. The van der Waals surface area contributed by atoms with Crippen LogP contribution >= 0.6 is 11.6 Å². The average Bonchev–Trinajstić information content (AvgIpc) is 2.84. The van der Waals surface area contributed by atoms with Crippen molar-refractivity contribution in [2.75, 3.05) is 7.05 Å². The Morgan fingerprint density at radius 2 is 2.16 bits per heavy atom. The summed E-state index contributed by atoms with van der Waals surface area (Å²) in [7, 11) is 1.94. The lowest BCUT2D eigenvalue weighted by Crippen LogP contribution is -2.32. The molecule has 0 radical (unpaired) electrons. The van der Waals surface area contributed by atoms with Crippen LogP contribution in [0.15, 0.2) is 28.8 Å². The highest BCUT2D eigenvalue weighted by atomic mass is 35.5. The highest BCUT2D eigenvalue weighted by Gasteiger charge is 2.16. The molecule has 0 amide bonds. The average molecular weight is 280 g/mol. The quantitative estimate of drug-likeness (QED) is 0.913. The Kier molecular flexibility index (Phi) is 4.56. The first kappa shape index (κ1) is 14.0. The maximum absolute atomic E-state index is 5.95. The van der Waals surface area contributed by atoms with Gasteiger partial charge in [0.05, 0.1) is 0 Å². The number of likely N-dealkylation sites (N-methyl/N-ethyl adjacent to an activating group) is 1. The SMILES string of the molecule is CNC(Cc1nc(-c2cccc(Cl)c2)no1)C(C)C. The van der Waals surface area contributed by atoms with E-state index in [2.05, 4.69) is 29.3 Å². The predicted molar refractivity (Wildman–Crippen MR) is 76.1 cm³/mol. The van der Waals surface area contributed by atoms with Crippen LogP contribution in [-0.2, 0) is 6.42 Å². The van der Waals surface area contributed by atoms with E-state index in [0.29, 0.717) is 28.7 Å². The number of halogens is 1. The molecule has 1 unspecified atom stereocenters. The molecule has 1 aromatic heterocycles. The van der Waals surface area contributed by atoms with Gasteiger partial charge in [-0.2, -0.15) is 4.98 Å². The zero-order valence-corrected chi connectivity index (χ0v) is 12.1. The Hall–Kier alpha value is -1.39. The molecule has 4 nitrogen and oxygen atoms in total. The molecule has 2 rings (SSSR count). The van der Waals surface area contributed by atoms with Crippen molar-refractivity contribution in [1.82, 2.24) is 15.5 Å². The lowest BCUT2D eigenvalue weighted by atomic mass is 10.0. The predicted octanol–water partition coefficient (Wildman–Crippen LogP) is 3.18. The second-order valence-electron chi connectivity index (χ2n) is 4.87. The van der Waals surface area contributed by atoms with Crippen molar-refractivity contribution in [3.05, 3.63) is 35.2 Å². The zero-order valence-electron chi connectivity index (χ0n) is 11.4. The Morgan fingerprint density at radius 1 is 1.37 bits per heavy atom. The fourth-order valence-electron chi connectivity index (χ4n) is 1.94. The molecule has 0 bridgehead atoms. The molecule has 0 fully saturated rings. The molecule has 0 spiro atoms. The first-order chi connectivity index (χ1) is 9.10. The summed E-state index contributed by atoms with van der Waals surface area (Å²) in [5.41, 5.74) is 0.869. The normalized spacial score (nSPS) is 12.9. The number of benzene rings is 1. The van der Waals surface area contributed by atoms with Gasteiger partial charge in [0.1, 0.15) is 0 Å². The van der Waals surface area contributed by atoms with Crippen molar-refractivity contribution in [2.45, 2.75) is 26.3 Å². The third-order valence-electron chi connectivity index (χ3n) is 3.12. The number of nitrogens with zero attached hydrogens (tertiary/aromatic N) is 2. The van der Waals surface area contributed by atoms with Crippen molar-refractivity contribution < 1.29 is 4.52 Å². The minimum atomic E-state index is 0.327. The number of rotatable bonds is 5. The van der Waals surface area contributed by atoms with Gasteiger partial charge < -0.3 is 9.84 Å². The van der Waals surface area contributed by atoms with E-state index >= 15 is 0 Å². The molecule has 0 aliphatic rings. The summed E-state index contributed by atoms with van der Waals surface area (Å²) in [5.74, 6) is 1.73. The maximum Gasteiger partial charge on any atom is 0.228 e. The first-order valence-corrected chi connectivity index (χ1v) is 6.73. The van der Waals surface area contributed by atoms with Crippen LogP contribution < -0.4 is 5.32 Å². The summed E-state index contributed by atoms with van der Waals surface area (Å²) >= 11 is 5.95. The van der Waals surface area contributed by atoms with Crippen molar-refractivity contribution >= 4 is 11.6 Å². The van der Waals surface area contributed by atoms with E-state index < -0.39 is 0 Å². The van der Waals surface area contributed by atoms with Gasteiger partial charge >= 0.3 is 0 Å². The van der Waals surface area contributed by atoms with Gasteiger partial charge in [-0.15, -0.1) is 0 Å². The van der Waals surface area contributed by atoms with Crippen molar-refractivity contribution in [1.29, 1.82) is 0 Å². The van der Waals surface area contributed by atoms with E-state index in [1.807, 2.05) is 31.3 Å². The number of nitrogens with one attached hydrogen (secondary N) is 1. The molecule has 102 valence electrons. The number of aromatic nitrogens is 2. The van der Waals surface area contributed by atoms with Gasteiger partial charge in [0, 0.05) is 23.0 Å². The molecule has 0 aliphatic carbocycles. The van der Waals surface area contributed by atoms with Crippen LogP contribution in [0.1, 0.15) is 19.7 Å². The molecule has 0 saturated heterocycles. The molecular formula is C14H18ClN3O. The molecule has 0 aliphatic heterocycles. The van der Waals surface area contributed by atoms with E-state index in [0.717, 1.165) is 12.0 Å². The highest BCUT2D eigenvalue weighted by Crippen LogP contribution is 2.20. The Bertz CT molecular complexity index is 539. The molecule has 1 heterocycles. The Morgan fingerprint density at radius 3 is 2.79 bits per heavy atom. The Labute approximate surface area is 118 Å². The maximum atomic E-state index is 5.95. The molecule has 1 N–H and O–H groups in total. The van der Waals surface area contributed by atoms with Crippen LogP contribution in [-0.4, -0.2) is 23.2 Å². The topological polar surface area (TPSA) is 51.0 Å².